The molecule has 0 saturated heterocycles. The first-order chi connectivity index (χ1) is 9.74. The van der Waals surface area contributed by atoms with E-state index in [1.165, 1.54) is 6.20 Å². The van der Waals surface area contributed by atoms with Gasteiger partial charge in [-0.1, -0.05) is 30.3 Å². The Kier molecular flexibility index (Phi) is 3.37. The molecule has 0 fully saturated rings. The Labute approximate surface area is 115 Å². The van der Waals surface area contributed by atoms with Gasteiger partial charge >= 0.3 is 0 Å². The van der Waals surface area contributed by atoms with Crippen LogP contribution in [0, 0.1) is 0 Å². The number of benzene rings is 2. The maximum Gasteiger partial charge on any atom is 0.265 e. The van der Waals surface area contributed by atoms with Gasteiger partial charge in [0.05, 0.1) is 0 Å². The fourth-order valence-electron chi connectivity index (χ4n) is 2.14. The average molecular weight is 273 g/mol. The quantitative estimate of drug-likeness (QED) is 0.733. The zero-order chi connectivity index (χ0) is 13.9. The van der Waals surface area contributed by atoms with Crippen molar-refractivity contribution in [2.24, 2.45) is 0 Å². The van der Waals surface area contributed by atoms with Crippen LogP contribution in [0.25, 0.3) is 10.9 Å². The fraction of sp³-hybridized carbons (Fsp3) is 0.125. The molecule has 20 heavy (non-hydrogen) atoms. The normalized spacial score (nSPS) is 11.2. The molecule has 0 radical (unpaired) electrons. The first-order valence-corrected chi connectivity index (χ1v) is 6.30. The van der Waals surface area contributed by atoms with E-state index in [2.05, 4.69) is 4.98 Å². The summed E-state index contributed by atoms with van der Waals surface area (Å²) in [4.78, 5) is 2.85. The van der Waals surface area contributed by atoms with Crippen molar-refractivity contribution in [3.8, 4) is 5.75 Å². The minimum absolute atomic E-state index is 0.0228. The highest BCUT2D eigenvalue weighted by Gasteiger charge is 2.13. The van der Waals surface area contributed by atoms with Crippen LogP contribution in [0.5, 0.6) is 5.75 Å². The summed E-state index contributed by atoms with van der Waals surface area (Å²) in [5.74, 6) is 0.656. The number of hydrogen-bond acceptors (Lipinski definition) is 1. The molecule has 0 aliphatic heterocycles. The van der Waals surface area contributed by atoms with Crippen molar-refractivity contribution in [3.63, 3.8) is 0 Å². The van der Waals surface area contributed by atoms with Gasteiger partial charge in [-0.2, -0.15) is 0 Å². The van der Waals surface area contributed by atoms with Crippen LogP contribution in [0.2, 0.25) is 0 Å². The molecule has 0 amide bonds. The van der Waals surface area contributed by atoms with Crippen LogP contribution >= 0.6 is 0 Å². The molecular formula is C16H13F2NO. The molecular weight excluding hydrogens is 260 g/mol. The van der Waals surface area contributed by atoms with E-state index in [9.17, 15) is 8.78 Å². The van der Waals surface area contributed by atoms with Crippen LogP contribution < -0.4 is 4.74 Å². The van der Waals surface area contributed by atoms with Crippen molar-refractivity contribution in [2.75, 3.05) is 0 Å². The number of halogens is 2. The first-order valence-electron chi connectivity index (χ1n) is 6.30. The highest BCUT2D eigenvalue weighted by molar-refractivity contribution is 5.84. The van der Waals surface area contributed by atoms with E-state index in [0.717, 1.165) is 5.56 Å². The van der Waals surface area contributed by atoms with E-state index in [1.807, 2.05) is 30.3 Å². The van der Waals surface area contributed by atoms with Crippen LogP contribution in [0.3, 0.4) is 0 Å². The molecule has 3 rings (SSSR count). The van der Waals surface area contributed by atoms with Gasteiger partial charge in [-0.05, 0) is 17.7 Å². The highest BCUT2D eigenvalue weighted by atomic mass is 19.3. The Morgan fingerprint density at radius 2 is 1.85 bits per heavy atom. The Bertz CT molecular complexity index is 707. The molecule has 1 N–H and O–H groups in total. The van der Waals surface area contributed by atoms with Crippen molar-refractivity contribution >= 4 is 10.9 Å². The average Bonchev–Trinajstić information content (AvgIpc) is 2.89. The van der Waals surface area contributed by atoms with Gasteiger partial charge in [-0.15, -0.1) is 0 Å². The lowest BCUT2D eigenvalue weighted by Gasteiger charge is -2.06. The van der Waals surface area contributed by atoms with E-state index in [0.29, 0.717) is 23.3 Å². The monoisotopic (exact) mass is 273 g/mol. The topological polar surface area (TPSA) is 25.0 Å². The third-order valence-corrected chi connectivity index (χ3v) is 3.17. The van der Waals surface area contributed by atoms with Crippen molar-refractivity contribution in [2.45, 2.75) is 13.0 Å². The Morgan fingerprint density at radius 3 is 2.60 bits per heavy atom. The Morgan fingerprint density at radius 1 is 1.05 bits per heavy atom. The second-order valence-corrected chi connectivity index (χ2v) is 4.53. The lowest BCUT2D eigenvalue weighted by Crippen LogP contribution is -1.94. The molecule has 3 aromatic rings. The Balaban J connectivity index is 1.80. The first kappa shape index (κ1) is 12.7. The van der Waals surface area contributed by atoms with Crippen LogP contribution in [0.1, 0.15) is 17.6 Å². The number of nitrogens with one attached hydrogen (secondary N) is 1. The predicted molar refractivity (Wildman–Crippen MR) is 74.0 cm³/mol. The molecule has 2 nitrogen and oxygen atoms in total. The second-order valence-electron chi connectivity index (χ2n) is 4.53. The number of ether oxygens (including phenoxy) is 1. The minimum atomic E-state index is -2.47. The molecule has 0 aliphatic carbocycles. The third kappa shape index (κ3) is 2.50. The summed E-state index contributed by atoms with van der Waals surface area (Å²) in [5.41, 5.74) is 1.74. The van der Waals surface area contributed by atoms with Crippen LogP contribution in [-0.4, -0.2) is 4.98 Å². The molecule has 0 aliphatic rings. The lowest BCUT2D eigenvalue weighted by atomic mass is 10.2. The number of H-pyrrole nitrogens is 1. The summed E-state index contributed by atoms with van der Waals surface area (Å²) in [7, 11) is 0. The molecule has 0 unspecified atom stereocenters. The minimum Gasteiger partial charge on any atom is -0.489 e. The Hall–Kier alpha value is -2.36. The highest BCUT2D eigenvalue weighted by Crippen LogP contribution is 2.29. The molecule has 4 heteroatoms. The van der Waals surface area contributed by atoms with E-state index in [1.54, 1.807) is 18.2 Å². The molecule has 0 bridgehead atoms. The summed E-state index contributed by atoms with van der Waals surface area (Å²) < 4.78 is 31.2. The maximum absolute atomic E-state index is 12.7. The summed E-state index contributed by atoms with van der Waals surface area (Å²) in [5, 5.41) is 0.534. The van der Waals surface area contributed by atoms with Crippen molar-refractivity contribution in [1.82, 2.24) is 4.98 Å². The fourth-order valence-corrected chi connectivity index (χ4v) is 2.14. The molecule has 102 valence electrons. The maximum atomic E-state index is 12.7. The van der Waals surface area contributed by atoms with Gasteiger partial charge in [-0.3, -0.25) is 0 Å². The van der Waals surface area contributed by atoms with Crippen molar-refractivity contribution in [1.29, 1.82) is 0 Å². The molecule has 1 heterocycles. The van der Waals surface area contributed by atoms with Gasteiger partial charge in [0.15, 0.2) is 0 Å². The zero-order valence-corrected chi connectivity index (χ0v) is 10.6. The molecule has 0 saturated carbocycles. The summed E-state index contributed by atoms with van der Waals surface area (Å²) in [6.07, 6.45) is -1.13. The molecule has 0 spiro atoms. The zero-order valence-electron chi connectivity index (χ0n) is 10.6. The number of rotatable bonds is 4. The van der Waals surface area contributed by atoms with E-state index in [4.69, 9.17) is 4.74 Å². The number of hydrogen-bond donors (Lipinski definition) is 1. The number of fused-ring (bicyclic) bond motifs is 1. The number of aromatic amines is 1. The smallest absolute Gasteiger partial charge is 0.265 e. The summed E-state index contributed by atoms with van der Waals surface area (Å²) in [6, 6.07) is 14.9. The van der Waals surface area contributed by atoms with Gasteiger partial charge < -0.3 is 9.72 Å². The second kappa shape index (κ2) is 5.33. The van der Waals surface area contributed by atoms with Crippen LogP contribution in [-0.2, 0) is 6.61 Å². The van der Waals surface area contributed by atoms with Crippen LogP contribution in [0.15, 0.2) is 54.7 Å². The van der Waals surface area contributed by atoms with E-state index < -0.39 is 6.43 Å². The molecule has 2 aromatic carbocycles. The molecule has 1 aromatic heterocycles. The predicted octanol–water partition coefficient (Wildman–Crippen LogP) is 4.68. The van der Waals surface area contributed by atoms with E-state index in [-0.39, 0.29) is 5.56 Å². The van der Waals surface area contributed by atoms with Crippen molar-refractivity contribution < 1.29 is 13.5 Å². The summed E-state index contributed by atoms with van der Waals surface area (Å²) in [6.45, 7) is 0.453. The number of aromatic nitrogens is 1. The van der Waals surface area contributed by atoms with Gasteiger partial charge in [0.1, 0.15) is 12.4 Å². The van der Waals surface area contributed by atoms with Gasteiger partial charge in [0, 0.05) is 28.7 Å². The standard InChI is InChI=1S/C16H13F2NO/c17-16(18)14-9-19-15-8-12(6-7-13(14)15)20-10-11-4-2-1-3-5-11/h1-9,16,19H,10H2. The van der Waals surface area contributed by atoms with Crippen molar-refractivity contribution in [3.05, 3.63) is 65.9 Å². The summed E-state index contributed by atoms with van der Waals surface area (Å²) >= 11 is 0. The van der Waals surface area contributed by atoms with Gasteiger partial charge in [-0.25, -0.2) is 8.78 Å². The number of alkyl halides is 2. The van der Waals surface area contributed by atoms with Gasteiger partial charge in [0.25, 0.3) is 6.43 Å². The van der Waals surface area contributed by atoms with Crippen LogP contribution in [0.4, 0.5) is 8.78 Å². The molecule has 0 atom stereocenters. The largest absolute Gasteiger partial charge is 0.489 e. The lowest BCUT2D eigenvalue weighted by molar-refractivity contribution is 0.153. The SMILES string of the molecule is FC(F)c1c[nH]c2cc(OCc3ccccc3)ccc12. The van der Waals surface area contributed by atoms with E-state index >= 15 is 0 Å². The third-order valence-electron chi connectivity index (χ3n) is 3.17. The van der Waals surface area contributed by atoms with Gasteiger partial charge in [0.2, 0.25) is 0 Å².